The molecular formula is C15H20N2O4. The number of amides is 1. The number of ether oxygens (including phenoxy) is 1. The Bertz CT molecular complexity index is 478. The largest absolute Gasteiger partial charge is 0.480 e. The van der Waals surface area contributed by atoms with Gasteiger partial charge in [0.2, 0.25) is 5.91 Å². The van der Waals surface area contributed by atoms with Gasteiger partial charge in [-0.25, -0.2) is 0 Å². The SMILES string of the molecule is O=C(CN1CCOCC1C(=O)O)NCCc1ccccc1. The molecular weight excluding hydrogens is 272 g/mol. The molecule has 6 heteroatoms. The first-order valence-electron chi connectivity index (χ1n) is 7.02. The van der Waals surface area contributed by atoms with Gasteiger partial charge in [-0.15, -0.1) is 0 Å². The fourth-order valence-electron chi connectivity index (χ4n) is 2.29. The molecule has 0 aromatic heterocycles. The lowest BCUT2D eigenvalue weighted by Gasteiger charge is -2.32. The van der Waals surface area contributed by atoms with Gasteiger partial charge in [0.1, 0.15) is 6.04 Å². The summed E-state index contributed by atoms with van der Waals surface area (Å²) < 4.78 is 5.14. The number of nitrogens with zero attached hydrogens (tertiary/aromatic N) is 1. The Morgan fingerprint density at radius 3 is 2.81 bits per heavy atom. The van der Waals surface area contributed by atoms with Crippen LogP contribution in [0.25, 0.3) is 0 Å². The zero-order valence-electron chi connectivity index (χ0n) is 11.8. The predicted octanol–water partition coefficient (Wildman–Crippen LogP) is 0.131. The van der Waals surface area contributed by atoms with Crippen LogP contribution < -0.4 is 5.32 Å². The molecule has 1 aliphatic heterocycles. The van der Waals surface area contributed by atoms with Gasteiger partial charge >= 0.3 is 5.97 Å². The van der Waals surface area contributed by atoms with E-state index in [1.807, 2.05) is 30.3 Å². The molecule has 1 aliphatic rings. The number of carbonyl (C=O) groups excluding carboxylic acids is 1. The van der Waals surface area contributed by atoms with Crippen molar-refractivity contribution < 1.29 is 19.4 Å². The molecule has 0 radical (unpaired) electrons. The lowest BCUT2D eigenvalue weighted by atomic mass is 10.1. The van der Waals surface area contributed by atoms with E-state index in [1.165, 1.54) is 0 Å². The van der Waals surface area contributed by atoms with Crippen LogP contribution in [0.5, 0.6) is 0 Å². The average Bonchev–Trinajstić information content (AvgIpc) is 2.48. The lowest BCUT2D eigenvalue weighted by molar-refractivity contribution is -0.150. The number of nitrogens with one attached hydrogen (secondary N) is 1. The Morgan fingerprint density at radius 1 is 1.33 bits per heavy atom. The molecule has 1 atom stereocenters. The second-order valence-electron chi connectivity index (χ2n) is 4.98. The van der Waals surface area contributed by atoms with Gasteiger partial charge in [0.15, 0.2) is 0 Å². The maximum Gasteiger partial charge on any atom is 0.323 e. The molecule has 2 N–H and O–H groups in total. The molecule has 1 aromatic rings. The fraction of sp³-hybridized carbons (Fsp3) is 0.467. The molecule has 1 heterocycles. The molecule has 2 rings (SSSR count). The van der Waals surface area contributed by atoms with Crippen molar-refractivity contribution in [3.63, 3.8) is 0 Å². The molecule has 6 nitrogen and oxygen atoms in total. The second-order valence-corrected chi connectivity index (χ2v) is 4.98. The topological polar surface area (TPSA) is 78.9 Å². The summed E-state index contributed by atoms with van der Waals surface area (Å²) in [7, 11) is 0. The van der Waals surface area contributed by atoms with Crippen molar-refractivity contribution in [2.24, 2.45) is 0 Å². The molecule has 0 saturated carbocycles. The van der Waals surface area contributed by atoms with Gasteiger partial charge < -0.3 is 15.2 Å². The quantitative estimate of drug-likeness (QED) is 0.779. The highest BCUT2D eigenvalue weighted by Gasteiger charge is 2.30. The first-order valence-corrected chi connectivity index (χ1v) is 7.02. The third-order valence-electron chi connectivity index (χ3n) is 3.45. The van der Waals surface area contributed by atoms with Crippen molar-refractivity contribution in [2.75, 3.05) is 32.8 Å². The number of benzene rings is 1. The van der Waals surface area contributed by atoms with Crippen LogP contribution in [-0.2, 0) is 20.7 Å². The number of aliphatic carboxylic acids is 1. The van der Waals surface area contributed by atoms with Crippen molar-refractivity contribution in [3.05, 3.63) is 35.9 Å². The Balaban J connectivity index is 1.74. The average molecular weight is 292 g/mol. The smallest absolute Gasteiger partial charge is 0.323 e. The van der Waals surface area contributed by atoms with Crippen LogP contribution in [0.4, 0.5) is 0 Å². The summed E-state index contributed by atoms with van der Waals surface area (Å²) in [5, 5.41) is 11.9. The van der Waals surface area contributed by atoms with Crippen LogP contribution in [0.1, 0.15) is 5.56 Å². The molecule has 114 valence electrons. The van der Waals surface area contributed by atoms with Crippen LogP contribution in [-0.4, -0.2) is 60.8 Å². The van der Waals surface area contributed by atoms with E-state index in [1.54, 1.807) is 4.90 Å². The lowest BCUT2D eigenvalue weighted by Crippen LogP contribution is -2.53. The minimum atomic E-state index is -0.952. The highest BCUT2D eigenvalue weighted by molar-refractivity contribution is 5.80. The van der Waals surface area contributed by atoms with Crippen molar-refractivity contribution in [2.45, 2.75) is 12.5 Å². The molecule has 1 aromatic carbocycles. The predicted molar refractivity (Wildman–Crippen MR) is 77.0 cm³/mol. The summed E-state index contributed by atoms with van der Waals surface area (Å²) in [5.41, 5.74) is 1.16. The third-order valence-corrected chi connectivity index (χ3v) is 3.45. The summed E-state index contributed by atoms with van der Waals surface area (Å²) in [6.45, 7) is 1.69. The standard InChI is InChI=1S/C15H20N2O4/c18-14(16-7-6-12-4-2-1-3-5-12)10-17-8-9-21-11-13(17)15(19)20/h1-5,13H,6-11H2,(H,16,18)(H,19,20). The monoisotopic (exact) mass is 292 g/mol. The summed E-state index contributed by atoms with van der Waals surface area (Å²) in [4.78, 5) is 24.6. The summed E-state index contributed by atoms with van der Waals surface area (Å²) in [6.07, 6.45) is 0.762. The van der Waals surface area contributed by atoms with E-state index in [0.29, 0.717) is 19.7 Å². The Morgan fingerprint density at radius 2 is 2.10 bits per heavy atom. The van der Waals surface area contributed by atoms with E-state index in [2.05, 4.69) is 5.32 Å². The summed E-state index contributed by atoms with van der Waals surface area (Å²) in [5.74, 6) is -1.11. The third kappa shape index (κ3) is 4.84. The van der Waals surface area contributed by atoms with Gasteiger partial charge in [0.05, 0.1) is 19.8 Å². The highest BCUT2D eigenvalue weighted by atomic mass is 16.5. The number of rotatable bonds is 6. The highest BCUT2D eigenvalue weighted by Crippen LogP contribution is 2.06. The first kappa shape index (κ1) is 15.5. The zero-order valence-corrected chi connectivity index (χ0v) is 11.8. The number of hydrogen-bond acceptors (Lipinski definition) is 4. The first-order chi connectivity index (χ1) is 10.2. The van der Waals surface area contributed by atoms with Gasteiger partial charge in [-0.1, -0.05) is 30.3 Å². The van der Waals surface area contributed by atoms with E-state index >= 15 is 0 Å². The Labute approximate surface area is 123 Å². The maximum atomic E-state index is 11.9. The van der Waals surface area contributed by atoms with Crippen molar-refractivity contribution >= 4 is 11.9 Å². The fourth-order valence-corrected chi connectivity index (χ4v) is 2.29. The molecule has 1 unspecified atom stereocenters. The summed E-state index contributed by atoms with van der Waals surface area (Å²) in [6, 6.07) is 9.15. The molecule has 1 saturated heterocycles. The normalized spacial score (nSPS) is 19.1. The summed E-state index contributed by atoms with van der Waals surface area (Å²) >= 11 is 0. The van der Waals surface area contributed by atoms with Crippen molar-refractivity contribution in [1.29, 1.82) is 0 Å². The minimum Gasteiger partial charge on any atom is -0.480 e. The van der Waals surface area contributed by atoms with Crippen LogP contribution in [0.2, 0.25) is 0 Å². The molecule has 0 aliphatic carbocycles. The van der Waals surface area contributed by atoms with Crippen LogP contribution >= 0.6 is 0 Å². The van der Waals surface area contributed by atoms with Gasteiger partial charge in [0.25, 0.3) is 0 Å². The van der Waals surface area contributed by atoms with Crippen LogP contribution in [0.3, 0.4) is 0 Å². The minimum absolute atomic E-state index is 0.0924. The van der Waals surface area contributed by atoms with Gasteiger partial charge in [-0.05, 0) is 12.0 Å². The van der Waals surface area contributed by atoms with Crippen LogP contribution in [0.15, 0.2) is 30.3 Å². The Kier molecular flexibility index (Phi) is 5.71. The van der Waals surface area contributed by atoms with E-state index < -0.39 is 12.0 Å². The van der Waals surface area contributed by atoms with Crippen LogP contribution in [0, 0.1) is 0 Å². The molecule has 0 bridgehead atoms. The molecule has 21 heavy (non-hydrogen) atoms. The van der Waals surface area contributed by atoms with E-state index in [9.17, 15) is 9.59 Å². The van der Waals surface area contributed by atoms with Crippen molar-refractivity contribution in [1.82, 2.24) is 10.2 Å². The number of carboxylic acids is 1. The van der Waals surface area contributed by atoms with Crippen molar-refractivity contribution in [3.8, 4) is 0 Å². The van der Waals surface area contributed by atoms with Gasteiger partial charge in [-0.3, -0.25) is 14.5 Å². The second kappa shape index (κ2) is 7.75. The van der Waals surface area contributed by atoms with E-state index in [-0.39, 0.29) is 19.1 Å². The number of hydrogen-bond donors (Lipinski definition) is 2. The van der Waals surface area contributed by atoms with Gasteiger partial charge in [-0.2, -0.15) is 0 Å². The molecule has 1 amide bonds. The number of morpholine rings is 1. The van der Waals surface area contributed by atoms with Gasteiger partial charge in [0, 0.05) is 13.1 Å². The Hall–Kier alpha value is -1.92. The van der Waals surface area contributed by atoms with E-state index in [4.69, 9.17) is 9.84 Å². The van der Waals surface area contributed by atoms with E-state index in [0.717, 1.165) is 12.0 Å². The number of carboxylic acid groups (broad SMARTS) is 1. The molecule has 0 spiro atoms. The maximum absolute atomic E-state index is 11.9. The zero-order chi connectivity index (χ0) is 15.1. The number of carbonyl (C=O) groups is 2. The molecule has 1 fully saturated rings.